The molecule has 4 N–H and O–H groups in total. The minimum atomic E-state index is -4.88. The second kappa shape index (κ2) is 5.59. The van der Waals surface area contributed by atoms with E-state index in [2.05, 4.69) is 4.52 Å². The van der Waals surface area contributed by atoms with E-state index in [0.29, 0.717) is 0 Å². The van der Waals surface area contributed by atoms with Gasteiger partial charge in [0.25, 0.3) is 6.43 Å². The molecule has 0 aromatic carbocycles. The summed E-state index contributed by atoms with van der Waals surface area (Å²) < 4.78 is 37.2. The van der Waals surface area contributed by atoms with Gasteiger partial charge in [-0.1, -0.05) is 0 Å². The zero-order chi connectivity index (χ0) is 12.2. The Balaban J connectivity index is 4.16. The molecule has 0 radical (unpaired) electrons. The van der Waals surface area contributed by atoms with Gasteiger partial charge in [-0.25, -0.2) is 13.3 Å². The molecule has 0 aromatic heterocycles. The van der Waals surface area contributed by atoms with Crippen molar-refractivity contribution in [2.45, 2.75) is 18.6 Å². The number of rotatable bonds is 6. The molecule has 0 bridgehead atoms. The Bertz CT molecular complexity index is 264. The highest BCUT2D eigenvalue weighted by Crippen LogP contribution is 2.35. The molecule has 0 aromatic rings. The first-order valence-corrected chi connectivity index (χ1v) is 5.06. The van der Waals surface area contributed by atoms with Gasteiger partial charge in [-0.3, -0.25) is 9.32 Å². The molecule has 0 aliphatic heterocycles. The molecule has 0 fully saturated rings. The summed E-state index contributed by atoms with van der Waals surface area (Å²) in [6, 6.07) is 0. The molecule has 0 spiro atoms. The SMILES string of the molecule is O=C(C(F)F)[C@@H](O)[C@H](O)COP(=O)(O)O. The molecule has 0 aliphatic carbocycles. The summed E-state index contributed by atoms with van der Waals surface area (Å²) in [6.45, 7) is -1.14. The monoisotopic (exact) mass is 250 g/mol. The second-order valence-corrected chi connectivity index (χ2v) is 3.74. The molecule has 2 atom stereocenters. The molecule has 0 saturated heterocycles. The maximum Gasteiger partial charge on any atom is 0.469 e. The standard InChI is InChI=1S/C5H9F2O7P/c6-5(7)4(10)3(9)2(8)1-14-15(11,12)13/h2-3,5,8-9H,1H2,(H2,11,12,13)/t2-,3+/m1/s1. The highest BCUT2D eigenvalue weighted by atomic mass is 31.2. The number of hydrogen-bond donors (Lipinski definition) is 4. The Morgan fingerprint density at radius 2 is 1.80 bits per heavy atom. The van der Waals surface area contributed by atoms with Gasteiger partial charge in [-0.05, 0) is 0 Å². The number of aliphatic hydroxyl groups excluding tert-OH is 2. The number of alkyl halides is 2. The quantitative estimate of drug-likeness (QED) is 0.429. The van der Waals surface area contributed by atoms with E-state index in [0.717, 1.165) is 0 Å². The topological polar surface area (TPSA) is 124 Å². The van der Waals surface area contributed by atoms with Crippen molar-refractivity contribution in [2.24, 2.45) is 0 Å². The molecule has 10 heteroatoms. The van der Waals surface area contributed by atoms with E-state index in [-0.39, 0.29) is 0 Å². The summed E-state index contributed by atoms with van der Waals surface area (Å²) in [5.74, 6) is -1.95. The van der Waals surface area contributed by atoms with Crippen LogP contribution in [0.4, 0.5) is 8.78 Å². The number of phosphoric acid groups is 1. The second-order valence-electron chi connectivity index (χ2n) is 2.50. The highest BCUT2D eigenvalue weighted by Gasteiger charge is 2.32. The van der Waals surface area contributed by atoms with E-state index < -0.39 is 38.8 Å². The van der Waals surface area contributed by atoms with E-state index in [1.165, 1.54) is 0 Å². The Labute approximate surface area is 82.5 Å². The number of aliphatic hydroxyl groups is 2. The largest absolute Gasteiger partial charge is 0.469 e. The van der Waals surface area contributed by atoms with Crippen LogP contribution in [0, 0.1) is 0 Å². The van der Waals surface area contributed by atoms with Crippen molar-refractivity contribution in [2.75, 3.05) is 6.61 Å². The molecule has 0 rings (SSSR count). The lowest BCUT2D eigenvalue weighted by Gasteiger charge is -2.16. The van der Waals surface area contributed by atoms with Gasteiger partial charge >= 0.3 is 7.82 Å². The van der Waals surface area contributed by atoms with Crippen LogP contribution >= 0.6 is 7.82 Å². The van der Waals surface area contributed by atoms with Crippen LogP contribution in [-0.2, 0) is 13.9 Å². The first-order chi connectivity index (χ1) is 6.65. The van der Waals surface area contributed by atoms with Crippen LogP contribution in [0.3, 0.4) is 0 Å². The average Bonchev–Trinajstić information content (AvgIpc) is 2.10. The number of halogens is 2. The number of carbonyl (C=O) groups excluding carboxylic acids is 1. The Hall–Kier alpha value is -0.440. The van der Waals surface area contributed by atoms with Crippen LogP contribution < -0.4 is 0 Å². The zero-order valence-electron chi connectivity index (χ0n) is 7.16. The fourth-order valence-electron chi connectivity index (χ4n) is 0.583. The number of Topliss-reactive ketones (excluding diaryl/α,β-unsaturated/α-hetero) is 1. The molecule has 7 nitrogen and oxygen atoms in total. The minimum absolute atomic E-state index is 1.14. The third kappa shape index (κ3) is 5.88. The first-order valence-electron chi connectivity index (χ1n) is 3.53. The molecule has 90 valence electrons. The Kier molecular flexibility index (Phi) is 5.43. The zero-order valence-corrected chi connectivity index (χ0v) is 8.05. The lowest BCUT2D eigenvalue weighted by Crippen LogP contribution is -2.40. The van der Waals surface area contributed by atoms with E-state index in [1.807, 2.05) is 0 Å². The molecule has 0 unspecified atom stereocenters. The van der Waals surface area contributed by atoms with Gasteiger partial charge in [0, 0.05) is 0 Å². The predicted octanol–water partition coefficient (Wildman–Crippen LogP) is -1.35. The number of carbonyl (C=O) groups is 1. The minimum Gasteiger partial charge on any atom is -0.387 e. The van der Waals surface area contributed by atoms with Gasteiger partial charge in [0.15, 0.2) is 0 Å². The fraction of sp³-hybridized carbons (Fsp3) is 0.800. The van der Waals surface area contributed by atoms with Crippen LogP contribution in [0.25, 0.3) is 0 Å². The van der Waals surface area contributed by atoms with E-state index in [1.54, 1.807) is 0 Å². The lowest BCUT2D eigenvalue weighted by molar-refractivity contribution is -0.145. The van der Waals surface area contributed by atoms with Crippen LogP contribution in [0.15, 0.2) is 0 Å². The maximum absolute atomic E-state index is 11.7. The van der Waals surface area contributed by atoms with Crippen molar-refractivity contribution in [1.29, 1.82) is 0 Å². The van der Waals surface area contributed by atoms with Crippen molar-refractivity contribution < 1.29 is 42.7 Å². The summed E-state index contributed by atoms with van der Waals surface area (Å²) in [5.41, 5.74) is 0. The Morgan fingerprint density at radius 1 is 1.33 bits per heavy atom. The number of ketones is 1. The first kappa shape index (κ1) is 14.6. The average molecular weight is 250 g/mol. The normalized spacial score (nSPS) is 16.5. The predicted molar refractivity (Wildman–Crippen MR) is 41.0 cm³/mol. The van der Waals surface area contributed by atoms with Gasteiger partial charge in [0.05, 0.1) is 6.61 Å². The molecule has 15 heavy (non-hydrogen) atoms. The number of hydrogen-bond acceptors (Lipinski definition) is 5. The van der Waals surface area contributed by atoms with Gasteiger partial charge in [-0.2, -0.15) is 0 Å². The molecular formula is C5H9F2O7P. The molecular weight excluding hydrogens is 241 g/mol. The van der Waals surface area contributed by atoms with Crippen LogP contribution in [-0.4, -0.2) is 51.0 Å². The summed E-state index contributed by atoms with van der Waals surface area (Å²) in [4.78, 5) is 26.7. The Morgan fingerprint density at radius 3 is 2.13 bits per heavy atom. The summed E-state index contributed by atoms with van der Waals surface area (Å²) >= 11 is 0. The summed E-state index contributed by atoms with van der Waals surface area (Å²) in [5, 5.41) is 17.6. The van der Waals surface area contributed by atoms with Crippen molar-refractivity contribution >= 4 is 13.6 Å². The molecule has 0 heterocycles. The van der Waals surface area contributed by atoms with Crippen molar-refractivity contribution in [3.8, 4) is 0 Å². The smallest absolute Gasteiger partial charge is 0.387 e. The fourth-order valence-corrected chi connectivity index (χ4v) is 0.930. The summed E-state index contributed by atoms with van der Waals surface area (Å²) in [6.07, 6.45) is -8.06. The van der Waals surface area contributed by atoms with E-state index in [9.17, 15) is 18.1 Å². The molecule has 0 aliphatic rings. The lowest BCUT2D eigenvalue weighted by atomic mass is 10.1. The van der Waals surface area contributed by atoms with Crippen LogP contribution in [0.1, 0.15) is 0 Å². The highest BCUT2D eigenvalue weighted by molar-refractivity contribution is 7.46. The van der Waals surface area contributed by atoms with Crippen LogP contribution in [0.2, 0.25) is 0 Å². The van der Waals surface area contributed by atoms with Gasteiger partial charge < -0.3 is 20.0 Å². The van der Waals surface area contributed by atoms with Crippen LogP contribution in [0.5, 0.6) is 0 Å². The van der Waals surface area contributed by atoms with Gasteiger partial charge in [-0.15, -0.1) is 0 Å². The third-order valence-electron chi connectivity index (χ3n) is 1.28. The van der Waals surface area contributed by atoms with Crippen molar-refractivity contribution in [3.05, 3.63) is 0 Å². The van der Waals surface area contributed by atoms with Gasteiger partial charge in [0.2, 0.25) is 5.78 Å². The molecule has 0 amide bonds. The van der Waals surface area contributed by atoms with Gasteiger partial charge in [0.1, 0.15) is 12.2 Å². The van der Waals surface area contributed by atoms with Crippen molar-refractivity contribution in [3.63, 3.8) is 0 Å². The maximum atomic E-state index is 11.7. The summed E-state index contributed by atoms with van der Waals surface area (Å²) in [7, 11) is -4.88. The number of phosphoric ester groups is 1. The van der Waals surface area contributed by atoms with Crippen molar-refractivity contribution in [1.82, 2.24) is 0 Å². The van der Waals surface area contributed by atoms with E-state index >= 15 is 0 Å². The van der Waals surface area contributed by atoms with E-state index in [4.69, 9.17) is 20.0 Å². The molecule has 0 saturated carbocycles. The third-order valence-corrected chi connectivity index (χ3v) is 1.77.